The fourth-order valence-corrected chi connectivity index (χ4v) is 0.559. The third kappa shape index (κ3) is 7.21. The Morgan fingerprint density at radius 3 is 2.80 bits per heavy atom. The minimum Gasteiger partial charge on any atom is -0.399 e. The van der Waals surface area contributed by atoms with E-state index in [0.717, 1.165) is 12.8 Å². The average molecular weight is 141 g/mol. The maximum Gasteiger partial charge on any atom is 0.106 e. The van der Waals surface area contributed by atoms with Gasteiger partial charge in [-0.05, 0) is 6.42 Å². The molecule has 0 saturated carbocycles. The number of allylic oxidation sites excluding steroid dienone is 2. The molecule has 0 saturated heterocycles. The molecule has 0 aliphatic carbocycles. The van der Waals surface area contributed by atoms with E-state index in [2.05, 4.69) is 29.1 Å². The number of hydrogen-bond acceptors (Lipinski definition) is 2. The lowest BCUT2D eigenvalue weighted by Gasteiger charge is -1.83. The van der Waals surface area contributed by atoms with Gasteiger partial charge in [0.15, 0.2) is 0 Å². The molecule has 0 spiro atoms. The maximum absolute atomic E-state index is 4.48. The summed E-state index contributed by atoms with van der Waals surface area (Å²) in [5.41, 5.74) is 0. The number of nitrogens with zero attached hydrogens (tertiary/aromatic N) is 1. The highest BCUT2D eigenvalue weighted by molar-refractivity contribution is 5.58. The van der Waals surface area contributed by atoms with Gasteiger partial charge in [0.2, 0.25) is 0 Å². The minimum atomic E-state index is 0.869. The molecular weight excluding hydrogens is 126 g/mol. The van der Waals surface area contributed by atoms with Gasteiger partial charge in [0.1, 0.15) is 7.11 Å². The van der Waals surface area contributed by atoms with Gasteiger partial charge < -0.3 is 4.84 Å². The van der Waals surface area contributed by atoms with E-state index < -0.39 is 0 Å². The van der Waals surface area contributed by atoms with Crippen LogP contribution in [0.3, 0.4) is 0 Å². The molecule has 2 heteroatoms. The second-order valence-corrected chi connectivity index (χ2v) is 1.97. The summed E-state index contributed by atoms with van der Waals surface area (Å²) in [5, 5.41) is 3.59. The van der Waals surface area contributed by atoms with E-state index in [1.54, 1.807) is 13.3 Å². The Balaban J connectivity index is 3.09. The third-order valence-electron chi connectivity index (χ3n) is 1.04. The Labute approximate surface area is 62.6 Å². The van der Waals surface area contributed by atoms with Crippen molar-refractivity contribution in [3.63, 3.8) is 0 Å². The monoisotopic (exact) mass is 141 g/mol. The molecule has 0 fully saturated rings. The standard InChI is InChI=1S/C8H15NO/c1-3-4-5-6-7-8-9-10-2/h5-6,8H,3-4,7H2,1-2H3/b6-5+,9-8+. The Bertz CT molecular complexity index is 108. The van der Waals surface area contributed by atoms with E-state index in [1.807, 2.05) is 0 Å². The Morgan fingerprint density at radius 1 is 1.40 bits per heavy atom. The Morgan fingerprint density at radius 2 is 2.20 bits per heavy atom. The van der Waals surface area contributed by atoms with Gasteiger partial charge in [-0.25, -0.2) is 0 Å². The van der Waals surface area contributed by atoms with Gasteiger partial charge >= 0.3 is 0 Å². The molecule has 0 aromatic carbocycles. The first-order valence-corrected chi connectivity index (χ1v) is 3.61. The fourth-order valence-electron chi connectivity index (χ4n) is 0.559. The van der Waals surface area contributed by atoms with Gasteiger partial charge in [-0.1, -0.05) is 30.7 Å². The molecule has 0 N–H and O–H groups in total. The zero-order chi connectivity index (χ0) is 7.66. The highest BCUT2D eigenvalue weighted by atomic mass is 16.6. The van der Waals surface area contributed by atoms with Gasteiger partial charge in [-0.15, -0.1) is 0 Å². The summed E-state index contributed by atoms with van der Waals surface area (Å²) in [7, 11) is 1.55. The summed E-state index contributed by atoms with van der Waals surface area (Å²) in [6.07, 6.45) is 9.21. The van der Waals surface area contributed by atoms with Crippen molar-refractivity contribution in [2.24, 2.45) is 5.16 Å². The molecule has 0 rings (SSSR count). The smallest absolute Gasteiger partial charge is 0.106 e. The zero-order valence-electron chi connectivity index (χ0n) is 6.71. The molecular formula is C8H15NO. The molecule has 10 heavy (non-hydrogen) atoms. The van der Waals surface area contributed by atoms with Crippen molar-refractivity contribution in [1.29, 1.82) is 0 Å². The van der Waals surface area contributed by atoms with Crippen molar-refractivity contribution in [3.05, 3.63) is 12.2 Å². The first kappa shape index (κ1) is 9.21. The predicted octanol–water partition coefficient (Wildman–Crippen LogP) is 2.37. The number of oxime groups is 1. The predicted molar refractivity (Wildman–Crippen MR) is 44.2 cm³/mol. The second kappa shape index (κ2) is 8.21. The summed E-state index contributed by atoms with van der Waals surface area (Å²) in [4.78, 5) is 4.48. The molecule has 0 heterocycles. The van der Waals surface area contributed by atoms with Crippen LogP contribution in [0.25, 0.3) is 0 Å². The molecule has 0 atom stereocenters. The minimum absolute atomic E-state index is 0.869. The topological polar surface area (TPSA) is 21.6 Å². The summed E-state index contributed by atoms with van der Waals surface area (Å²) < 4.78 is 0. The van der Waals surface area contributed by atoms with Crippen LogP contribution in [0.4, 0.5) is 0 Å². The van der Waals surface area contributed by atoms with Gasteiger partial charge in [-0.2, -0.15) is 0 Å². The molecule has 0 amide bonds. The molecule has 0 unspecified atom stereocenters. The first-order chi connectivity index (χ1) is 4.91. The van der Waals surface area contributed by atoms with E-state index >= 15 is 0 Å². The summed E-state index contributed by atoms with van der Waals surface area (Å²) in [6.45, 7) is 2.16. The summed E-state index contributed by atoms with van der Waals surface area (Å²) in [6, 6.07) is 0. The van der Waals surface area contributed by atoms with Crippen molar-refractivity contribution in [2.75, 3.05) is 7.11 Å². The maximum atomic E-state index is 4.48. The molecule has 0 aromatic rings. The van der Waals surface area contributed by atoms with Crippen LogP contribution in [-0.4, -0.2) is 13.3 Å². The van der Waals surface area contributed by atoms with Crippen LogP contribution in [0.2, 0.25) is 0 Å². The molecule has 58 valence electrons. The molecule has 0 aromatic heterocycles. The van der Waals surface area contributed by atoms with Crippen molar-refractivity contribution in [2.45, 2.75) is 26.2 Å². The van der Waals surface area contributed by atoms with Crippen LogP contribution in [0, 0.1) is 0 Å². The Kier molecular flexibility index (Phi) is 7.56. The third-order valence-corrected chi connectivity index (χ3v) is 1.04. The highest BCUT2D eigenvalue weighted by Crippen LogP contribution is 1.89. The molecule has 0 aliphatic heterocycles. The summed E-state index contributed by atoms with van der Waals surface area (Å²) in [5.74, 6) is 0. The quantitative estimate of drug-likeness (QED) is 0.327. The van der Waals surface area contributed by atoms with Crippen LogP contribution < -0.4 is 0 Å². The molecule has 0 bridgehead atoms. The first-order valence-electron chi connectivity index (χ1n) is 3.61. The second-order valence-electron chi connectivity index (χ2n) is 1.97. The molecule has 0 aliphatic rings. The normalized spacial score (nSPS) is 11.4. The highest BCUT2D eigenvalue weighted by Gasteiger charge is 1.72. The van der Waals surface area contributed by atoms with E-state index in [9.17, 15) is 0 Å². The lowest BCUT2D eigenvalue weighted by Crippen LogP contribution is -1.72. The summed E-state index contributed by atoms with van der Waals surface area (Å²) >= 11 is 0. The van der Waals surface area contributed by atoms with E-state index in [-0.39, 0.29) is 0 Å². The zero-order valence-corrected chi connectivity index (χ0v) is 6.71. The van der Waals surface area contributed by atoms with Crippen molar-refractivity contribution >= 4 is 6.21 Å². The van der Waals surface area contributed by atoms with Crippen molar-refractivity contribution < 1.29 is 4.84 Å². The van der Waals surface area contributed by atoms with Crippen LogP contribution in [0.15, 0.2) is 17.3 Å². The number of unbranched alkanes of at least 4 members (excludes halogenated alkanes) is 1. The molecule has 0 radical (unpaired) electrons. The van der Waals surface area contributed by atoms with Crippen LogP contribution in [0.1, 0.15) is 26.2 Å². The van der Waals surface area contributed by atoms with Crippen LogP contribution >= 0.6 is 0 Å². The van der Waals surface area contributed by atoms with E-state index in [4.69, 9.17) is 0 Å². The van der Waals surface area contributed by atoms with Gasteiger partial charge in [0.25, 0.3) is 0 Å². The largest absolute Gasteiger partial charge is 0.399 e. The van der Waals surface area contributed by atoms with Crippen molar-refractivity contribution in [1.82, 2.24) is 0 Å². The fraction of sp³-hybridized carbons (Fsp3) is 0.625. The lowest BCUT2D eigenvalue weighted by molar-refractivity contribution is 0.215. The SMILES string of the molecule is CCC/C=C/C/C=N/OC. The Hall–Kier alpha value is -0.790. The van der Waals surface area contributed by atoms with Crippen LogP contribution in [-0.2, 0) is 4.84 Å². The van der Waals surface area contributed by atoms with Gasteiger partial charge in [0.05, 0.1) is 0 Å². The number of hydrogen-bond donors (Lipinski definition) is 0. The van der Waals surface area contributed by atoms with E-state index in [1.165, 1.54) is 6.42 Å². The van der Waals surface area contributed by atoms with Gasteiger partial charge in [0, 0.05) is 12.6 Å². The van der Waals surface area contributed by atoms with Gasteiger partial charge in [-0.3, -0.25) is 0 Å². The van der Waals surface area contributed by atoms with E-state index in [0.29, 0.717) is 0 Å². The average Bonchev–Trinajstić information content (AvgIpc) is 1.97. The lowest BCUT2D eigenvalue weighted by atomic mass is 10.3. The van der Waals surface area contributed by atoms with Crippen LogP contribution in [0.5, 0.6) is 0 Å². The number of rotatable bonds is 5. The molecule has 2 nitrogen and oxygen atoms in total. The van der Waals surface area contributed by atoms with Crippen molar-refractivity contribution in [3.8, 4) is 0 Å².